The zero-order valence-corrected chi connectivity index (χ0v) is 13.7. The normalized spacial score (nSPS) is 19.9. The molecule has 1 fully saturated rings. The first-order valence-electron chi connectivity index (χ1n) is 7.96. The molecular formula is C19H16N4O2. The number of likely N-dealkylation sites (N-methyl/N-ethyl adjacent to an activating group) is 1. The van der Waals surface area contributed by atoms with Crippen LogP contribution in [0.3, 0.4) is 0 Å². The minimum Gasteiger partial charge on any atom is -0.369 e. The minimum atomic E-state index is -1.59. The Morgan fingerprint density at radius 1 is 1.24 bits per heavy atom. The first-order valence-corrected chi connectivity index (χ1v) is 7.96. The van der Waals surface area contributed by atoms with Crippen molar-refractivity contribution >= 4 is 11.6 Å². The summed E-state index contributed by atoms with van der Waals surface area (Å²) >= 11 is 0. The van der Waals surface area contributed by atoms with E-state index in [9.17, 15) is 9.90 Å². The van der Waals surface area contributed by atoms with E-state index in [1.807, 2.05) is 41.1 Å². The van der Waals surface area contributed by atoms with Crippen molar-refractivity contribution in [3.63, 3.8) is 0 Å². The molecule has 1 N–H and O–H groups in total. The topological polar surface area (TPSA) is 70.7 Å². The van der Waals surface area contributed by atoms with Crippen molar-refractivity contribution in [2.45, 2.75) is 12.0 Å². The second kappa shape index (κ2) is 5.72. The number of hydrogen-bond donors (Lipinski definition) is 1. The fourth-order valence-electron chi connectivity index (χ4n) is 2.95. The van der Waals surface area contributed by atoms with Gasteiger partial charge >= 0.3 is 0 Å². The molecule has 1 atom stereocenters. The summed E-state index contributed by atoms with van der Waals surface area (Å²) in [4.78, 5) is 22.3. The van der Waals surface area contributed by atoms with Crippen molar-refractivity contribution in [3.8, 4) is 23.1 Å². The summed E-state index contributed by atoms with van der Waals surface area (Å²) in [5.74, 6) is 5.32. The van der Waals surface area contributed by atoms with Crippen LogP contribution in [0.4, 0.5) is 0 Å². The van der Waals surface area contributed by atoms with E-state index in [1.54, 1.807) is 19.4 Å². The first-order chi connectivity index (χ1) is 12.1. The van der Waals surface area contributed by atoms with Gasteiger partial charge < -0.3 is 14.4 Å². The molecule has 1 aliphatic heterocycles. The third-order valence-corrected chi connectivity index (χ3v) is 4.37. The predicted molar refractivity (Wildman–Crippen MR) is 92.5 cm³/mol. The van der Waals surface area contributed by atoms with Gasteiger partial charge in [-0.15, -0.1) is 0 Å². The standard InChI is InChI=1S/C19H16N4O2/c1-22-10-7-19(25,18(22)24)6-5-14-3-2-4-15(13-14)16-17-21-9-12-23(17)11-8-20-16/h2-4,8-9,11-13,25H,7,10H2,1H3. The van der Waals surface area contributed by atoms with E-state index in [2.05, 4.69) is 21.8 Å². The number of likely N-dealkylation sites (tertiary alicyclic amines) is 1. The zero-order valence-electron chi connectivity index (χ0n) is 13.7. The first kappa shape index (κ1) is 15.4. The van der Waals surface area contributed by atoms with Crippen molar-refractivity contribution in [2.75, 3.05) is 13.6 Å². The van der Waals surface area contributed by atoms with Crippen LogP contribution < -0.4 is 0 Å². The Kier molecular flexibility index (Phi) is 3.52. The number of aliphatic hydroxyl groups is 1. The van der Waals surface area contributed by atoms with E-state index in [4.69, 9.17) is 0 Å². The van der Waals surface area contributed by atoms with Crippen LogP contribution in [-0.4, -0.2) is 49.5 Å². The van der Waals surface area contributed by atoms with Gasteiger partial charge in [0, 0.05) is 55.9 Å². The predicted octanol–water partition coefficient (Wildman–Crippen LogP) is 1.34. The van der Waals surface area contributed by atoms with Crippen molar-refractivity contribution in [1.29, 1.82) is 0 Å². The number of aromatic nitrogens is 3. The molecule has 0 radical (unpaired) electrons. The fraction of sp³-hybridized carbons (Fsp3) is 0.211. The highest BCUT2D eigenvalue weighted by Crippen LogP contribution is 2.23. The number of imidazole rings is 1. The highest BCUT2D eigenvalue weighted by Gasteiger charge is 2.42. The summed E-state index contributed by atoms with van der Waals surface area (Å²) < 4.78 is 1.90. The van der Waals surface area contributed by atoms with Gasteiger partial charge in [-0.25, -0.2) is 4.98 Å². The van der Waals surface area contributed by atoms with Crippen molar-refractivity contribution < 1.29 is 9.90 Å². The van der Waals surface area contributed by atoms with Crippen LogP contribution in [-0.2, 0) is 4.79 Å². The number of nitrogens with zero attached hydrogens (tertiary/aromatic N) is 4. The van der Waals surface area contributed by atoms with Gasteiger partial charge in [-0.1, -0.05) is 24.0 Å². The summed E-state index contributed by atoms with van der Waals surface area (Å²) in [6, 6.07) is 7.54. The molecule has 2 aromatic heterocycles. The maximum atomic E-state index is 12.0. The smallest absolute Gasteiger partial charge is 0.267 e. The second-order valence-corrected chi connectivity index (χ2v) is 6.10. The molecule has 3 heterocycles. The monoisotopic (exact) mass is 332 g/mol. The molecule has 1 unspecified atom stereocenters. The molecule has 0 bridgehead atoms. The van der Waals surface area contributed by atoms with Crippen LogP contribution in [0, 0.1) is 11.8 Å². The number of fused-ring (bicyclic) bond motifs is 1. The highest BCUT2D eigenvalue weighted by molar-refractivity contribution is 5.90. The van der Waals surface area contributed by atoms with E-state index in [0.717, 1.165) is 16.9 Å². The molecule has 6 heteroatoms. The van der Waals surface area contributed by atoms with Gasteiger partial charge in [-0.3, -0.25) is 9.78 Å². The van der Waals surface area contributed by atoms with E-state index >= 15 is 0 Å². The number of carbonyl (C=O) groups excluding carboxylic acids is 1. The molecule has 0 aliphatic carbocycles. The maximum absolute atomic E-state index is 12.0. The third kappa shape index (κ3) is 2.65. The average Bonchev–Trinajstić information content (AvgIpc) is 3.21. The van der Waals surface area contributed by atoms with E-state index < -0.39 is 5.60 Å². The minimum absolute atomic E-state index is 0.323. The van der Waals surface area contributed by atoms with Crippen LogP contribution >= 0.6 is 0 Å². The number of rotatable bonds is 1. The Bertz CT molecular complexity index is 1030. The van der Waals surface area contributed by atoms with Crippen LogP contribution in [0.25, 0.3) is 16.9 Å². The van der Waals surface area contributed by atoms with Crippen LogP contribution in [0.2, 0.25) is 0 Å². The number of hydrogen-bond acceptors (Lipinski definition) is 4. The Labute approximate surface area is 144 Å². The van der Waals surface area contributed by atoms with Gasteiger partial charge in [-0.2, -0.15) is 0 Å². The number of carbonyl (C=O) groups is 1. The molecule has 6 nitrogen and oxygen atoms in total. The molecule has 124 valence electrons. The SMILES string of the molecule is CN1CCC(O)(C#Cc2cccc(-c3nccn4ccnc34)c2)C1=O. The molecule has 25 heavy (non-hydrogen) atoms. The quantitative estimate of drug-likeness (QED) is 0.683. The molecule has 1 saturated heterocycles. The molecular weight excluding hydrogens is 316 g/mol. The Hall–Kier alpha value is -3.17. The summed E-state index contributed by atoms with van der Waals surface area (Å²) in [5, 5.41) is 10.4. The molecule has 0 spiro atoms. The summed E-state index contributed by atoms with van der Waals surface area (Å²) in [7, 11) is 1.67. The Morgan fingerprint density at radius 2 is 2.04 bits per heavy atom. The van der Waals surface area contributed by atoms with Gasteiger partial charge in [-0.05, 0) is 12.1 Å². The Morgan fingerprint density at radius 3 is 2.80 bits per heavy atom. The van der Waals surface area contributed by atoms with Gasteiger partial charge in [0.2, 0.25) is 5.60 Å². The molecule has 1 aliphatic rings. The lowest BCUT2D eigenvalue weighted by Gasteiger charge is -2.13. The summed E-state index contributed by atoms with van der Waals surface area (Å²) in [6.45, 7) is 0.510. The van der Waals surface area contributed by atoms with Crippen LogP contribution in [0.15, 0.2) is 49.1 Å². The van der Waals surface area contributed by atoms with Gasteiger partial charge in [0.25, 0.3) is 5.91 Å². The van der Waals surface area contributed by atoms with Crippen molar-refractivity contribution in [1.82, 2.24) is 19.3 Å². The molecule has 4 rings (SSSR count). The van der Waals surface area contributed by atoms with Gasteiger partial charge in [0.15, 0.2) is 5.65 Å². The molecule has 0 saturated carbocycles. The lowest BCUT2D eigenvalue weighted by molar-refractivity contribution is -0.137. The highest BCUT2D eigenvalue weighted by atomic mass is 16.3. The summed E-state index contributed by atoms with van der Waals surface area (Å²) in [5.41, 5.74) is 1.52. The van der Waals surface area contributed by atoms with E-state index in [0.29, 0.717) is 18.5 Å². The molecule has 3 aromatic rings. The van der Waals surface area contributed by atoms with Gasteiger partial charge in [0.1, 0.15) is 5.69 Å². The van der Waals surface area contributed by atoms with Crippen molar-refractivity contribution in [2.24, 2.45) is 0 Å². The Balaban J connectivity index is 1.71. The number of amides is 1. The zero-order chi connectivity index (χ0) is 17.4. The van der Waals surface area contributed by atoms with Crippen LogP contribution in [0.1, 0.15) is 12.0 Å². The van der Waals surface area contributed by atoms with E-state index in [-0.39, 0.29) is 5.91 Å². The van der Waals surface area contributed by atoms with E-state index in [1.165, 1.54) is 4.90 Å². The van der Waals surface area contributed by atoms with Crippen LogP contribution in [0.5, 0.6) is 0 Å². The lowest BCUT2D eigenvalue weighted by Crippen LogP contribution is -2.37. The average molecular weight is 332 g/mol. The van der Waals surface area contributed by atoms with Crippen molar-refractivity contribution in [3.05, 3.63) is 54.6 Å². The maximum Gasteiger partial charge on any atom is 0.267 e. The second-order valence-electron chi connectivity index (χ2n) is 6.10. The summed E-state index contributed by atoms with van der Waals surface area (Å²) in [6.07, 6.45) is 7.47. The molecule has 1 amide bonds. The third-order valence-electron chi connectivity index (χ3n) is 4.37. The largest absolute Gasteiger partial charge is 0.369 e. The fourth-order valence-corrected chi connectivity index (χ4v) is 2.95. The molecule has 1 aromatic carbocycles. The number of benzene rings is 1. The lowest BCUT2D eigenvalue weighted by atomic mass is 10.0. The van der Waals surface area contributed by atoms with Gasteiger partial charge in [0.05, 0.1) is 0 Å².